The number of halogens is 2. The van der Waals surface area contributed by atoms with Gasteiger partial charge in [-0.15, -0.1) is 0 Å². The molecule has 0 saturated heterocycles. The van der Waals surface area contributed by atoms with Crippen molar-refractivity contribution in [3.8, 4) is 28.7 Å². The van der Waals surface area contributed by atoms with E-state index in [2.05, 4.69) is 16.4 Å². The molecule has 0 spiro atoms. The molecule has 0 saturated carbocycles. The molecular formula is C34H31ClFN3O5. The van der Waals surface area contributed by atoms with Crippen LogP contribution in [-0.4, -0.2) is 33.3 Å². The number of hydrogen-bond donors (Lipinski definition) is 3. The third-order valence-electron chi connectivity index (χ3n) is 7.66. The van der Waals surface area contributed by atoms with Crippen LogP contribution in [0.2, 0.25) is 5.02 Å². The fourth-order valence-electron chi connectivity index (χ4n) is 5.39. The molecule has 10 heteroatoms. The number of fused-ring (bicyclic) bond motifs is 1. The Balaban J connectivity index is 1.43. The number of aromatic nitrogens is 1. The van der Waals surface area contributed by atoms with Crippen LogP contribution in [0.1, 0.15) is 53.7 Å². The van der Waals surface area contributed by atoms with Crippen molar-refractivity contribution in [1.29, 1.82) is 5.26 Å². The van der Waals surface area contributed by atoms with Gasteiger partial charge in [-0.05, 0) is 54.2 Å². The van der Waals surface area contributed by atoms with Crippen molar-refractivity contribution in [1.82, 2.24) is 10.3 Å². The minimum Gasteiger partial charge on any atom is -0.488 e. The van der Waals surface area contributed by atoms with E-state index < -0.39 is 18.1 Å². The molecule has 2 unspecified atom stereocenters. The topological polar surface area (TPSA) is 125 Å². The molecule has 0 bridgehead atoms. The molecular weight excluding hydrogens is 585 g/mol. The molecule has 5 rings (SSSR count). The second-order valence-electron chi connectivity index (χ2n) is 10.5. The lowest BCUT2D eigenvalue weighted by Crippen LogP contribution is -2.45. The molecule has 44 heavy (non-hydrogen) atoms. The largest absolute Gasteiger partial charge is 0.488 e. The molecule has 1 aliphatic carbocycles. The number of nitriles is 1. The van der Waals surface area contributed by atoms with Crippen LogP contribution in [0.15, 0.2) is 73.1 Å². The molecule has 3 atom stereocenters. The fraction of sp³-hybridized carbons (Fsp3) is 0.265. The van der Waals surface area contributed by atoms with Crippen molar-refractivity contribution in [2.24, 2.45) is 0 Å². The number of ether oxygens (including phenoxy) is 2. The van der Waals surface area contributed by atoms with Gasteiger partial charge in [-0.1, -0.05) is 54.9 Å². The van der Waals surface area contributed by atoms with Crippen molar-refractivity contribution >= 4 is 17.6 Å². The Morgan fingerprint density at radius 2 is 1.95 bits per heavy atom. The summed E-state index contributed by atoms with van der Waals surface area (Å²) in [6.45, 7) is 1.82. The highest BCUT2D eigenvalue weighted by molar-refractivity contribution is 6.32. The summed E-state index contributed by atoms with van der Waals surface area (Å²) in [7, 11) is 0. The molecule has 226 valence electrons. The minimum atomic E-state index is -1.20. The van der Waals surface area contributed by atoms with Crippen LogP contribution in [0.5, 0.6) is 11.5 Å². The highest BCUT2D eigenvalue weighted by Crippen LogP contribution is 2.43. The standard InChI is InChI=1S/C34H31ClFN3O5/c1-2-29(40)33(34(41)42)39-18-22-13-27(35)32(14-31(22)43-19-21-12-20(15-37)16-38-17-21)44-30-11-10-24-23(7-5-8-26(24)30)25-6-3-4-9-28(25)36/h3-9,12-14,16-17,29-30,33,39-40H,2,10-11,18-19H2,1H3,(H,41,42)/t29?,30-,33?/m0/s1. The first-order chi connectivity index (χ1) is 21.3. The van der Waals surface area contributed by atoms with Gasteiger partial charge in [0, 0.05) is 41.7 Å². The molecule has 0 fully saturated rings. The Labute approximate surface area is 259 Å². The normalized spacial score (nSPS) is 15.2. The lowest BCUT2D eigenvalue weighted by atomic mass is 9.96. The second-order valence-corrected chi connectivity index (χ2v) is 11.0. The quantitative estimate of drug-likeness (QED) is 0.168. The highest BCUT2D eigenvalue weighted by Gasteiger charge is 2.29. The molecule has 0 radical (unpaired) electrons. The number of carbonyl (C=O) groups is 1. The number of carboxylic acids is 1. The highest BCUT2D eigenvalue weighted by atomic mass is 35.5. The van der Waals surface area contributed by atoms with Gasteiger partial charge in [0.15, 0.2) is 0 Å². The van der Waals surface area contributed by atoms with Crippen molar-refractivity contribution in [2.45, 2.75) is 57.6 Å². The van der Waals surface area contributed by atoms with Gasteiger partial charge in [0.25, 0.3) is 0 Å². The summed E-state index contributed by atoms with van der Waals surface area (Å²) in [5, 5.41) is 32.2. The number of nitrogens with zero attached hydrogens (tertiary/aromatic N) is 2. The van der Waals surface area contributed by atoms with E-state index in [1.807, 2.05) is 24.3 Å². The molecule has 0 amide bonds. The lowest BCUT2D eigenvalue weighted by molar-refractivity contribution is -0.142. The molecule has 1 aromatic heterocycles. The van der Waals surface area contributed by atoms with Crippen molar-refractivity contribution in [3.05, 3.63) is 112 Å². The SMILES string of the molecule is CCC(O)C(NCc1cc(Cl)c(O[C@H]2CCc3c(-c4ccccc4F)cccc32)cc1OCc1cncc(C#N)c1)C(=O)O. The maximum absolute atomic E-state index is 14.6. The number of nitrogens with one attached hydrogen (secondary N) is 1. The van der Waals surface area contributed by atoms with Crippen molar-refractivity contribution < 1.29 is 28.9 Å². The Kier molecular flexibility index (Phi) is 9.75. The first-order valence-corrected chi connectivity index (χ1v) is 14.6. The zero-order valence-electron chi connectivity index (χ0n) is 24.0. The number of carboxylic acid groups (broad SMARTS) is 1. The van der Waals surface area contributed by atoms with E-state index in [0.29, 0.717) is 51.6 Å². The minimum absolute atomic E-state index is 0.0398. The van der Waals surface area contributed by atoms with Crippen LogP contribution >= 0.6 is 11.6 Å². The van der Waals surface area contributed by atoms with Gasteiger partial charge < -0.3 is 19.7 Å². The van der Waals surface area contributed by atoms with Crippen LogP contribution in [-0.2, 0) is 24.4 Å². The predicted molar refractivity (Wildman–Crippen MR) is 163 cm³/mol. The van der Waals surface area contributed by atoms with Crippen molar-refractivity contribution in [2.75, 3.05) is 0 Å². The molecule has 1 aliphatic rings. The smallest absolute Gasteiger partial charge is 0.323 e. The molecule has 8 nitrogen and oxygen atoms in total. The average molecular weight is 616 g/mol. The number of aliphatic hydroxyl groups excluding tert-OH is 1. The van der Waals surface area contributed by atoms with E-state index in [1.54, 1.807) is 43.5 Å². The van der Waals surface area contributed by atoms with E-state index in [1.165, 1.54) is 12.3 Å². The monoisotopic (exact) mass is 615 g/mol. The summed E-state index contributed by atoms with van der Waals surface area (Å²) in [6, 6.07) is 18.3. The summed E-state index contributed by atoms with van der Waals surface area (Å²) in [6.07, 6.45) is 3.24. The Morgan fingerprint density at radius 3 is 2.70 bits per heavy atom. The predicted octanol–water partition coefficient (Wildman–Crippen LogP) is 6.37. The van der Waals surface area contributed by atoms with Gasteiger partial charge in [-0.2, -0.15) is 5.26 Å². The Bertz CT molecular complexity index is 1710. The van der Waals surface area contributed by atoms with Crippen LogP contribution < -0.4 is 14.8 Å². The summed E-state index contributed by atoms with van der Waals surface area (Å²) in [4.78, 5) is 15.8. The molecule has 3 aromatic carbocycles. The summed E-state index contributed by atoms with van der Waals surface area (Å²) >= 11 is 6.71. The first kappa shape index (κ1) is 31.0. The van der Waals surface area contributed by atoms with Gasteiger partial charge in [0.05, 0.1) is 16.7 Å². The number of rotatable bonds is 12. The van der Waals surface area contributed by atoms with Gasteiger partial charge in [-0.3, -0.25) is 15.1 Å². The maximum atomic E-state index is 14.6. The van der Waals surface area contributed by atoms with Gasteiger partial charge in [0.2, 0.25) is 0 Å². The van der Waals surface area contributed by atoms with Gasteiger partial charge >= 0.3 is 5.97 Å². The Morgan fingerprint density at radius 1 is 1.16 bits per heavy atom. The Hall–Kier alpha value is -4.49. The lowest BCUT2D eigenvalue weighted by Gasteiger charge is -2.22. The first-order valence-electron chi connectivity index (χ1n) is 14.3. The van der Waals surface area contributed by atoms with Crippen LogP contribution in [0.3, 0.4) is 0 Å². The molecule has 4 aromatic rings. The van der Waals surface area contributed by atoms with Crippen LogP contribution in [0.25, 0.3) is 11.1 Å². The third kappa shape index (κ3) is 6.84. The van der Waals surface area contributed by atoms with E-state index >= 15 is 0 Å². The maximum Gasteiger partial charge on any atom is 0.323 e. The van der Waals surface area contributed by atoms with Crippen LogP contribution in [0.4, 0.5) is 4.39 Å². The summed E-state index contributed by atoms with van der Waals surface area (Å²) < 4.78 is 27.2. The number of benzene rings is 3. The number of aliphatic hydroxyl groups is 1. The molecule has 1 heterocycles. The fourth-order valence-corrected chi connectivity index (χ4v) is 5.63. The third-order valence-corrected chi connectivity index (χ3v) is 7.96. The molecule has 3 N–H and O–H groups in total. The second kappa shape index (κ2) is 13.9. The number of pyridine rings is 1. The number of aliphatic carboxylic acids is 1. The summed E-state index contributed by atoms with van der Waals surface area (Å²) in [5.74, 6) is -0.715. The van der Waals surface area contributed by atoms with Crippen molar-refractivity contribution in [3.63, 3.8) is 0 Å². The number of hydrogen-bond acceptors (Lipinski definition) is 7. The van der Waals surface area contributed by atoms with E-state index in [0.717, 1.165) is 16.7 Å². The van der Waals surface area contributed by atoms with E-state index in [-0.39, 0.29) is 31.5 Å². The zero-order valence-corrected chi connectivity index (χ0v) is 24.7. The van der Waals surface area contributed by atoms with Crippen LogP contribution in [0, 0.1) is 17.1 Å². The van der Waals surface area contributed by atoms with Gasteiger partial charge in [-0.25, -0.2) is 4.39 Å². The van der Waals surface area contributed by atoms with Gasteiger partial charge in [0.1, 0.15) is 42.1 Å². The van der Waals surface area contributed by atoms with E-state index in [9.17, 15) is 24.7 Å². The molecule has 0 aliphatic heterocycles. The van der Waals surface area contributed by atoms with E-state index in [4.69, 9.17) is 21.1 Å². The zero-order chi connectivity index (χ0) is 31.2. The summed E-state index contributed by atoms with van der Waals surface area (Å²) in [5.41, 5.74) is 4.95. The average Bonchev–Trinajstić information content (AvgIpc) is 3.44.